The van der Waals surface area contributed by atoms with E-state index in [4.69, 9.17) is 0 Å². The Morgan fingerprint density at radius 2 is 0.571 bits per heavy atom. The maximum atomic E-state index is 2.42. The Kier molecular flexibility index (Phi) is 8.10. The Morgan fingerprint density at radius 3 is 0.881 bits per heavy atom. The molecule has 0 aromatic heterocycles. The zero-order chi connectivity index (χ0) is 28.1. The molecule has 0 bridgehead atoms. The maximum absolute atomic E-state index is 2.42. The monoisotopic (exact) mass is 576 g/mol. The van der Waals surface area contributed by atoms with Crippen LogP contribution in [0.25, 0.3) is 11.1 Å². The molecule has 0 saturated carbocycles. The number of rotatable bonds is 8. The van der Waals surface area contributed by atoms with E-state index in [1.807, 2.05) is 0 Å². The van der Waals surface area contributed by atoms with E-state index in [0.717, 1.165) is 12.3 Å². The molecule has 0 nitrogen and oxygen atoms in total. The zero-order valence-electron chi connectivity index (χ0n) is 23.6. The average molecular weight is 577 g/mol. The summed E-state index contributed by atoms with van der Waals surface area (Å²) in [5, 5.41) is 5.84. The van der Waals surface area contributed by atoms with Crippen molar-refractivity contribution >= 4 is 37.1 Å². The van der Waals surface area contributed by atoms with E-state index in [-0.39, 0.29) is 0 Å². The number of hydrogen-bond donors (Lipinski definition) is 0. The number of fused-ring (bicyclic) bond motifs is 3. The van der Waals surface area contributed by atoms with Gasteiger partial charge in [0.15, 0.2) is 0 Å². The van der Waals surface area contributed by atoms with Crippen LogP contribution in [0.5, 0.6) is 0 Å². The summed E-state index contributed by atoms with van der Waals surface area (Å²) in [6, 6.07) is 63.4. The molecule has 0 N–H and O–H groups in total. The van der Waals surface area contributed by atoms with Crippen molar-refractivity contribution in [3.05, 3.63) is 181 Å². The largest absolute Gasteiger partial charge is 0.0622 e. The topological polar surface area (TPSA) is 0 Å². The zero-order valence-corrected chi connectivity index (χ0v) is 25.4. The van der Waals surface area contributed by atoms with Crippen LogP contribution >= 0.6 is 15.8 Å². The fourth-order valence-corrected chi connectivity index (χ4v) is 11.8. The van der Waals surface area contributed by atoms with Gasteiger partial charge in [-0.3, -0.25) is 0 Å². The molecule has 0 spiro atoms. The molecule has 0 amide bonds. The van der Waals surface area contributed by atoms with Gasteiger partial charge in [0, 0.05) is 0 Å². The lowest BCUT2D eigenvalue weighted by Gasteiger charge is -2.39. The lowest BCUT2D eigenvalue weighted by Crippen LogP contribution is -2.28. The van der Waals surface area contributed by atoms with Gasteiger partial charge < -0.3 is 0 Å². The lowest BCUT2D eigenvalue weighted by atomic mass is 9.73. The Bertz CT molecular complexity index is 1520. The molecule has 0 saturated heterocycles. The lowest BCUT2D eigenvalue weighted by molar-refractivity contribution is 0.629. The molecule has 1 aliphatic carbocycles. The summed E-state index contributed by atoms with van der Waals surface area (Å²) in [7, 11) is -1.08. The number of benzene rings is 6. The summed E-state index contributed by atoms with van der Waals surface area (Å²) in [4.78, 5) is 0. The molecule has 0 fully saturated rings. The van der Waals surface area contributed by atoms with Crippen molar-refractivity contribution in [2.24, 2.45) is 0 Å². The maximum Gasteiger partial charge on any atom is -0.00378 e. The molecule has 6 aromatic rings. The smallest absolute Gasteiger partial charge is 0.00378 e. The van der Waals surface area contributed by atoms with Crippen LogP contribution in [0.1, 0.15) is 23.0 Å². The molecule has 2 unspecified atom stereocenters. The molecular weight excluding hydrogens is 542 g/mol. The predicted molar refractivity (Wildman–Crippen MR) is 185 cm³/mol. The SMILES string of the molecule is c1ccc(P(CC2c3ccccc3-c3ccccc3C2CP(c2ccccc2)c2ccccc2)c2ccccc2)cc1. The second-order valence-electron chi connectivity index (χ2n) is 11.0. The van der Waals surface area contributed by atoms with Crippen molar-refractivity contribution in [3.8, 4) is 11.1 Å². The second kappa shape index (κ2) is 12.6. The summed E-state index contributed by atoms with van der Waals surface area (Å²) in [5.41, 5.74) is 5.84. The first kappa shape index (κ1) is 27.0. The Morgan fingerprint density at radius 1 is 0.310 bits per heavy atom. The van der Waals surface area contributed by atoms with Gasteiger partial charge in [0.25, 0.3) is 0 Å². The van der Waals surface area contributed by atoms with Crippen molar-refractivity contribution in [3.63, 3.8) is 0 Å². The quantitative estimate of drug-likeness (QED) is 0.159. The van der Waals surface area contributed by atoms with E-state index in [1.54, 1.807) is 0 Å². The van der Waals surface area contributed by atoms with Crippen LogP contribution in [-0.2, 0) is 0 Å². The summed E-state index contributed by atoms with van der Waals surface area (Å²) < 4.78 is 0. The Labute approximate surface area is 252 Å². The number of hydrogen-bond acceptors (Lipinski definition) is 0. The van der Waals surface area contributed by atoms with Gasteiger partial charge in [-0.15, -0.1) is 0 Å². The van der Waals surface area contributed by atoms with Gasteiger partial charge >= 0.3 is 0 Å². The van der Waals surface area contributed by atoms with Gasteiger partial charge in [0.1, 0.15) is 0 Å². The fourth-order valence-electron chi connectivity index (χ4n) is 6.56. The molecule has 2 atom stereocenters. The standard InChI is InChI=1S/C40H34P2/c1-5-17-31(18-6-1)41(32-19-7-2-8-20-32)29-39-37-27-15-13-25-35(37)36-26-14-16-28-38(36)40(39)30-42(33-21-9-3-10-22-33)34-23-11-4-12-24-34/h1-28,39-40H,29-30H2. The highest BCUT2D eigenvalue weighted by atomic mass is 31.1. The van der Waals surface area contributed by atoms with E-state index >= 15 is 0 Å². The van der Waals surface area contributed by atoms with Crippen LogP contribution in [0.2, 0.25) is 0 Å². The van der Waals surface area contributed by atoms with Crippen LogP contribution in [0, 0.1) is 0 Å². The molecule has 1 aliphatic rings. The normalized spacial score (nSPS) is 15.8. The van der Waals surface area contributed by atoms with Crippen LogP contribution in [0.3, 0.4) is 0 Å². The minimum absolute atomic E-state index is 0.417. The third kappa shape index (κ3) is 5.51. The van der Waals surface area contributed by atoms with Crippen molar-refractivity contribution in [2.75, 3.05) is 12.3 Å². The van der Waals surface area contributed by atoms with Gasteiger partial charge in [-0.2, -0.15) is 0 Å². The second-order valence-corrected chi connectivity index (χ2v) is 15.5. The molecule has 7 rings (SSSR count). The third-order valence-electron chi connectivity index (χ3n) is 8.53. The van der Waals surface area contributed by atoms with Crippen molar-refractivity contribution < 1.29 is 0 Å². The summed E-state index contributed by atoms with van der Waals surface area (Å²) in [6.45, 7) is 0. The third-order valence-corrected chi connectivity index (χ3v) is 13.7. The highest BCUT2D eigenvalue weighted by Gasteiger charge is 2.37. The van der Waals surface area contributed by atoms with Crippen LogP contribution < -0.4 is 21.2 Å². The average Bonchev–Trinajstić information content (AvgIpc) is 3.08. The van der Waals surface area contributed by atoms with Crippen LogP contribution in [0.4, 0.5) is 0 Å². The minimum Gasteiger partial charge on any atom is -0.0622 e. The van der Waals surface area contributed by atoms with Gasteiger partial charge in [-0.1, -0.05) is 170 Å². The fraction of sp³-hybridized carbons (Fsp3) is 0.100. The molecule has 42 heavy (non-hydrogen) atoms. The Hall–Kier alpha value is -3.82. The van der Waals surface area contributed by atoms with E-state index in [1.165, 1.54) is 43.5 Å². The van der Waals surface area contributed by atoms with Gasteiger partial charge in [0.2, 0.25) is 0 Å². The highest BCUT2D eigenvalue weighted by molar-refractivity contribution is 7.73. The van der Waals surface area contributed by atoms with E-state index in [0.29, 0.717) is 11.8 Å². The molecule has 2 heteroatoms. The summed E-state index contributed by atoms with van der Waals surface area (Å²) in [5.74, 6) is 0.833. The Balaban J connectivity index is 1.38. The van der Waals surface area contributed by atoms with Crippen molar-refractivity contribution in [1.29, 1.82) is 0 Å². The van der Waals surface area contributed by atoms with Crippen LogP contribution in [0.15, 0.2) is 170 Å². The first-order chi connectivity index (χ1) is 20.9. The van der Waals surface area contributed by atoms with Gasteiger partial charge in [-0.25, -0.2) is 0 Å². The van der Waals surface area contributed by atoms with Crippen molar-refractivity contribution in [2.45, 2.75) is 11.8 Å². The first-order valence-corrected chi connectivity index (χ1v) is 17.9. The molecule has 0 heterocycles. The molecule has 0 radical (unpaired) electrons. The molecule has 204 valence electrons. The van der Waals surface area contributed by atoms with Crippen LogP contribution in [-0.4, -0.2) is 12.3 Å². The minimum atomic E-state index is -0.540. The first-order valence-electron chi connectivity index (χ1n) is 14.8. The predicted octanol–water partition coefficient (Wildman–Crippen LogP) is 8.80. The molecule has 6 aromatic carbocycles. The van der Waals surface area contributed by atoms with Gasteiger partial charge in [-0.05, 0) is 83.5 Å². The van der Waals surface area contributed by atoms with E-state index < -0.39 is 15.8 Å². The van der Waals surface area contributed by atoms with Crippen molar-refractivity contribution in [1.82, 2.24) is 0 Å². The van der Waals surface area contributed by atoms with E-state index in [9.17, 15) is 0 Å². The summed E-state index contributed by atoms with van der Waals surface area (Å²) in [6.07, 6.45) is 2.26. The van der Waals surface area contributed by atoms with Gasteiger partial charge in [0.05, 0.1) is 0 Å². The summed E-state index contributed by atoms with van der Waals surface area (Å²) >= 11 is 0. The van der Waals surface area contributed by atoms with E-state index in [2.05, 4.69) is 170 Å². The molecular formula is C40H34P2. The molecule has 0 aliphatic heterocycles. The highest BCUT2D eigenvalue weighted by Crippen LogP contribution is 2.55.